The Balaban J connectivity index is 2.38. The molecule has 34 heavy (non-hydrogen) atoms. The van der Waals surface area contributed by atoms with Gasteiger partial charge in [-0.3, -0.25) is 9.78 Å². The lowest BCUT2D eigenvalue weighted by Crippen LogP contribution is -2.23. The second-order valence-corrected chi connectivity index (χ2v) is 7.14. The van der Waals surface area contributed by atoms with E-state index in [-0.39, 0.29) is 23.4 Å². The smallest absolute Gasteiger partial charge is 0.345 e. The van der Waals surface area contributed by atoms with Crippen molar-refractivity contribution in [1.29, 1.82) is 0 Å². The molecule has 1 amide bonds. The quantitative estimate of drug-likeness (QED) is 0.232. The minimum Gasteiger partial charge on any atom is -0.345 e. The number of rotatable bonds is 8. The van der Waals surface area contributed by atoms with Crippen molar-refractivity contribution in [1.82, 2.24) is 24.6 Å². The third kappa shape index (κ3) is 7.42. The number of amides is 1. The van der Waals surface area contributed by atoms with Crippen LogP contribution in [0, 0.1) is 0 Å². The zero-order valence-electron chi connectivity index (χ0n) is 18.2. The molecule has 0 saturated heterocycles. The molecule has 0 bridgehead atoms. The molecule has 0 aliphatic heterocycles. The first-order valence-electron chi connectivity index (χ1n) is 9.72. The Morgan fingerprint density at radius 1 is 1.12 bits per heavy atom. The third-order valence-corrected chi connectivity index (χ3v) is 4.34. The van der Waals surface area contributed by atoms with Crippen LogP contribution in [0.3, 0.4) is 0 Å². The van der Waals surface area contributed by atoms with Crippen molar-refractivity contribution in [3.8, 4) is 0 Å². The molecule has 2 heterocycles. The van der Waals surface area contributed by atoms with Crippen LogP contribution >= 0.6 is 0 Å². The summed E-state index contributed by atoms with van der Waals surface area (Å²) in [6.45, 7) is 3.15. The molecule has 2 rings (SSSR count). The van der Waals surface area contributed by atoms with Gasteiger partial charge in [-0.15, -0.1) is 6.58 Å². The van der Waals surface area contributed by atoms with Gasteiger partial charge in [0.1, 0.15) is 6.33 Å². The summed E-state index contributed by atoms with van der Waals surface area (Å²) in [5.74, 6) is -0.454. The molecular weight excluding hydrogens is 464 g/mol. The topological polar surface area (TPSA) is 63.9 Å². The maximum atomic E-state index is 13.3. The molecule has 0 N–H and O–H groups in total. The fourth-order valence-corrected chi connectivity index (χ4v) is 2.68. The van der Waals surface area contributed by atoms with Crippen molar-refractivity contribution in [3.63, 3.8) is 0 Å². The number of carbonyl (C=O) groups excluding carboxylic acids is 1. The van der Waals surface area contributed by atoms with Crippen LogP contribution in [0.2, 0.25) is 0 Å². The van der Waals surface area contributed by atoms with Gasteiger partial charge in [0, 0.05) is 44.7 Å². The van der Waals surface area contributed by atoms with Gasteiger partial charge < -0.3 is 4.90 Å². The highest BCUT2D eigenvalue weighted by Gasteiger charge is 2.37. The normalized spacial score (nSPS) is 13.7. The van der Waals surface area contributed by atoms with E-state index in [2.05, 4.69) is 21.6 Å². The Hall–Kier alpha value is -3.70. The van der Waals surface area contributed by atoms with Crippen molar-refractivity contribution in [2.45, 2.75) is 25.2 Å². The third-order valence-electron chi connectivity index (χ3n) is 4.34. The number of pyridine rings is 1. The number of nitrogens with zero attached hydrogens (tertiary/aromatic N) is 5. The molecule has 0 saturated carbocycles. The van der Waals surface area contributed by atoms with E-state index in [0.29, 0.717) is 11.6 Å². The van der Waals surface area contributed by atoms with E-state index in [4.69, 9.17) is 0 Å². The number of hydrogen-bond donors (Lipinski definition) is 0. The second kappa shape index (κ2) is 10.9. The maximum absolute atomic E-state index is 13.3. The highest BCUT2D eigenvalue weighted by molar-refractivity contribution is 6.22. The van der Waals surface area contributed by atoms with Gasteiger partial charge in [0.2, 0.25) is 0 Å². The second-order valence-electron chi connectivity index (χ2n) is 7.14. The maximum Gasteiger partial charge on any atom is 0.416 e. The molecular formula is C22H21F6N5O. The number of hydrogen-bond acceptors (Lipinski definition) is 4. The van der Waals surface area contributed by atoms with Gasteiger partial charge >= 0.3 is 12.4 Å². The fourth-order valence-electron chi connectivity index (χ4n) is 2.68. The van der Waals surface area contributed by atoms with Gasteiger partial charge in [-0.1, -0.05) is 12.2 Å². The highest BCUT2D eigenvalue weighted by Crippen LogP contribution is 2.34. The number of carbonyl (C=O) groups is 1. The first-order chi connectivity index (χ1) is 15.8. The molecule has 0 radical (unpaired) electrons. The summed E-state index contributed by atoms with van der Waals surface area (Å²) < 4.78 is 80.2. The van der Waals surface area contributed by atoms with E-state index >= 15 is 0 Å². The Morgan fingerprint density at radius 2 is 1.76 bits per heavy atom. The molecule has 0 spiro atoms. The van der Waals surface area contributed by atoms with Gasteiger partial charge in [0.15, 0.2) is 5.82 Å². The van der Waals surface area contributed by atoms with E-state index in [1.54, 1.807) is 26.2 Å². The van der Waals surface area contributed by atoms with E-state index < -0.39 is 36.3 Å². The van der Waals surface area contributed by atoms with E-state index in [1.165, 1.54) is 29.8 Å². The van der Waals surface area contributed by atoms with Crippen molar-refractivity contribution in [2.24, 2.45) is 0 Å². The molecule has 0 atom stereocenters. The van der Waals surface area contributed by atoms with Crippen LogP contribution in [0.25, 0.3) is 11.8 Å². The average Bonchev–Trinajstić information content (AvgIpc) is 3.20. The SMILES string of the molecule is C=CC/C(=C\C(=C/Cc1ncn(/C=C(/C(=O)N(C)C)c2ccncc2)n1)C(F)(F)F)C(F)(F)F. The van der Waals surface area contributed by atoms with Gasteiger partial charge in [-0.2, -0.15) is 31.4 Å². The zero-order chi connectivity index (χ0) is 25.5. The standard InChI is InChI=1S/C22H21F6N5O/c1-4-5-16(21(23,24)25)12-17(22(26,27)28)6-7-19-30-14-33(31-19)13-18(20(34)32(2)3)15-8-10-29-11-9-15/h4,6,8-14H,1,5,7H2,2-3H3/b16-12+,17-6+,18-13+. The summed E-state index contributed by atoms with van der Waals surface area (Å²) in [6.07, 6.45) is -4.23. The molecule has 0 aliphatic carbocycles. The van der Waals surface area contributed by atoms with Crippen molar-refractivity contribution in [3.05, 3.63) is 78.2 Å². The van der Waals surface area contributed by atoms with Crippen LogP contribution in [0.4, 0.5) is 26.3 Å². The Morgan fingerprint density at radius 3 is 2.29 bits per heavy atom. The summed E-state index contributed by atoms with van der Waals surface area (Å²) in [6, 6.07) is 3.19. The summed E-state index contributed by atoms with van der Waals surface area (Å²) in [7, 11) is 3.09. The largest absolute Gasteiger partial charge is 0.416 e. The Kier molecular flexibility index (Phi) is 8.55. The monoisotopic (exact) mass is 485 g/mol. The first-order valence-corrected chi connectivity index (χ1v) is 9.72. The molecule has 12 heteroatoms. The summed E-state index contributed by atoms with van der Waals surface area (Å²) in [4.78, 5) is 21.7. The van der Waals surface area contributed by atoms with Crippen molar-refractivity contribution < 1.29 is 31.1 Å². The molecule has 182 valence electrons. The number of alkyl halides is 6. The summed E-state index contributed by atoms with van der Waals surface area (Å²) in [5.41, 5.74) is -2.11. The van der Waals surface area contributed by atoms with Gasteiger partial charge in [-0.25, -0.2) is 9.67 Å². The predicted molar refractivity (Wildman–Crippen MR) is 114 cm³/mol. The number of aromatic nitrogens is 4. The minimum atomic E-state index is -5.02. The predicted octanol–water partition coefficient (Wildman–Crippen LogP) is 4.86. The van der Waals surface area contributed by atoms with E-state index in [1.807, 2.05) is 0 Å². The van der Waals surface area contributed by atoms with Crippen LogP contribution in [0.15, 0.2) is 66.8 Å². The molecule has 2 aromatic rings. The first kappa shape index (κ1) is 26.6. The average molecular weight is 485 g/mol. The lowest BCUT2D eigenvalue weighted by Gasteiger charge is -2.13. The lowest BCUT2D eigenvalue weighted by molar-refractivity contribution is -0.122. The number of halogens is 6. The van der Waals surface area contributed by atoms with Crippen LogP contribution < -0.4 is 0 Å². The lowest BCUT2D eigenvalue weighted by atomic mass is 10.1. The minimum absolute atomic E-state index is 0.0515. The van der Waals surface area contributed by atoms with E-state index in [9.17, 15) is 31.1 Å². The zero-order valence-corrected chi connectivity index (χ0v) is 18.2. The van der Waals surface area contributed by atoms with Crippen LogP contribution in [0.1, 0.15) is 17.8 Å². The summed E-state index contributed by atoms with van der Waals surface area (Å²) in [5, 5.41) is 4.01. The fraction of sp³-hybridized carbons (Fsp3) is 0.273. The van der Waals surface area contributed by atoms with Gasteiger partial charge in [0.05, 0.1) is 11.1 Å². The van der Waals surface area contributed by atoms with Crippen molar-refractivity contribution in [2.75, 3.05) is 14.1 Å². The number of likely N-dealkylation sites (N-methyl/N-ethyl adjacent to an activating group) is 1. The van der Waals surface area contributed by atoms with Crippen LogP contribution in [0.5, 0.6) is 0 Å². The summed E-state index contributed by atoms with van der Waals surface area (Å²) >= 11 is 0. The molecule has 0 aliphatic rings. The van der Waals surface area contributed by atoms with Crippen LogP contribution in [-0.4, -0.2) is 57.0 Å². The molecule has 6 nitrogen and oxygen atoms in total. The Labute approximate surface area is 191 Å². The molecule has 2 aromatic heterocycles. The molecule has 0 fully saturated rings. The molecule has 0 aromatic carbocycles. The Bertz CT molecular complexity index is 1090. The molecule has 0 unspecified atom stereocenters. The van der Waals surface area contributed by atoms with Crippen LogP contribution in [-0.2, 0) is 11.2 Å². The van der Waals surface area contributed by atoms with E-state index in [0.717, 1.165) is 10.8 Å². The van der Waals surface area contributed by atoms with Crippen molar-refractivity contribution >= 4 is 17.7 Å². The number of allylic oxidation sites excluding steroid dienone is 5. The highest BCUT2D eigenvalue weighted by atomic mass is 19.4. The van der Waals surface area contributed by atoms with Gasteiger partial charge in [-0.05, 0) is 30.2 Å². The van der Waals surface area contributed by atoms with Gasteiger partial charge in [0.25, 0.3) is 5.91 Å².